The number of alkyl halides is 1. The molecule has 0 spiro atoms. The van der Waals surface area contributed by atoms with Gasteiger partial charge in [0.2, 0.25) is 0 Å². The molecule has 0 amide bonds. The number of hydrogen-bond acceptors (Lipinski definition) is 5. The Hall–Kier alpha value is -1.19. The lowest BCUT2D eigenvalue weighted by molar-refractivity contribution is 0.289. The van der Waals surface area contributed by atoms with Crippen molar-refractivity contribution >= 4 is 74.5 Å². The molecule has 1 heterocycles. The van der Waals surface area contributed by atoms with Gasteiger partial charge in [0.05, 0.1) is 6.61 Å². The summed E-state index contributed by atoms with van der Waals surface area (Å²) < 4.78 is 7.39. The molecule has 0 aliphatic carbocycles. The van der Waals surface area contributed by atoms with E-state index in [0.717, 1.165) is 29.4 Å². The molecule has 3 aromatic carbocycles. The van der Waals surface area contributed by atoms with E-state index in [0.29, 0.717) is 11.8 Å². The minimum absolute atomic E-state index is 0.605. The van der Waals surface area contributed by atoms with Crippen molar-refractivity contribution in [1.82, 2.24) is 0 Å². The van der Waals surface area contributed by atoms with Crippen molar-refractivity contribution in [2.24, 2.45) is 5.92 Å². The van der Waals surface area contributed by atoms with Gasteiger partial charge in [-0.1, -0.05) is 134 Å². The molecule has 246 valence electrons. The fraction of sp³-hybridized carbons (Fsp3) is 0.385. The molecular formula is C39H53IOS4. The maximum atomic E-state index is 6.07. The SMILES string of the molecule is C=C(C)/C(C)=C(/SC)Sc1ccccc1.CCC(C)c1ccc(OCCC(C)C)c(C2=CSCS2)c1.CI.Cc1ccccc1. The fourth-order valence-electron chi connectivity index (χ4n) is 3.77. The van der Waals surface area contributed by atoms with Crippen molar-refractivity contribution in [3.63, 3.8) is 0 Å². The van der Waals surface area contributed by atoms with Gasteiger partial charge in [-0.25, -0.2) is 0 Å². The molecule has 0 radical (unpaired) electrons. The second-order valence-electron chi connectivity index (χ2n) is 11.0. The normalized spacial score (nSPS) is 13.1. The summed E-state index contributed by atoms with van der Waals surface area (Å²) in [5.41, 5.74) is 6.45. The molecule has 1 aliphatic rings. The van der Waals surface area contributed by atoms with Crippen LogP contribution < -0.4 is 4.74 Å². The molecule has 3 aromatic rings. The van der Waals surface area contributed by atoms with Gasteiger partial charge in [0.1, 0.15) is 5.75 Å². The van der Waals surface area contributed by atoms with E-state index in [9.17, 15) is 0 Å². The average molecular weight is 793 g/mol. The summed E-state index contributed by atoms with van der Waals surface area (Å²) in [4.78, 5) is 4.62. The molecule has 6 heteroatoms. The van der Waals surface area contributed by atoms with E-state index in [-0.39, 0.29) is 0 Å². The zero-order chi connectivity index (χ0) is 33.6. The van der Waals surface area contributed by atoms with Crippen LogP contribution in [-0.2, 0) is 0 Å². The summed E-state index contributed by atoms with van der Waals surface area (Å²) in [6.07, 6.45) is 4.39. The van der Waals surface area contributed by atoms with E-state index in [4.69, 9.17) is 4.74 Å². The van der Waals surface area contributed by atoms with Gasteiger partial charge in [-0.3, -0.25) is 0 Å². The molecule has 0 bridgehead atoms. The largest absolute Gasteiger partial charge is 0.493 e. The maximum Gasteiger partial charge on any atom is 0.127 e. The zero-order valence-electron chi connectivity index (χ0n) is 28.7. The first-order valence-electron chi connectivity index (χ1n) is 15.4. The summed E-state index contributed by atoms with van der Waals surface area (Å²) >= 11 is 9.54. The van der Waals surface area contributed by atoms with Crippen molar-refractivity contribution in [3.8, 4) is 5.75 Å². The number of hydrogen-bond donors (Lipinski definition) is 0. The van der Waals surface area contributed by atoms with Gasteiger partial charge in [0.15, 0.2) is 0 Å². The van der Waals surface area contributed by atoms with Gasteiger partial charge >= 0.3 is 0 Å². The number of aryl methyl sites for hydroxylation is 1. The Bertz CT molecular complexity index is 1300. The number of benzene rings is 3. The highest BCUT2D eigenvalue weighted by molar-refractivity contribution is 14.1. The van der Waals surface area contributed by atoms with Crippen LogP contribution in [0.1, 0.15) is 77.0 Å². The Morgan fingerprint density at radius 3 is 2.04 bits per heavy atom. The number of ether oxygens (including phenoxy) is 1. The highest BCUT2D eigenvalue weighted by Gasteiger charge is 2.16. The predicted octanol–water partition coefficient (Wildman–Crippen LogP) is 14.4. The second-order valence-corrected chi connectivity index (χ2v) is 15.4. The van der Waals surface area contributed by atoms with E-state index in [1.165, 1.54) is 42.7 Å². The van der Waals surface area contributed by atoms with Gasteiger partial charge in [-0.15, -0.1) is 35.3 Å². The van der Waals surface area contributed by atoms with E-state index >= 15 is 0 Å². The molecule has 0 N–H and O–H groups in total. The molecule has 0 saturated heterocycles. The van der Waals surface area contributed by atoms with Crippen LogP contribution in [-0.4, -0.2) is 22.9 Å². The summed E-state index contributed by atoms with van der Waals surface area (Å²) in [7, 11) is 0. The van der Waals surface area contributed by atoms with Gasteiger partial charge < -0.3 is 4.74 Å². The molecule has 1 unspecified atom stereocenters. The van der Waals surface area contributed by atoms with Crippen LogP contribution in [0.15, 0.2) is 111 Å². The molecule has 0 saturated carbocycles. The van der Waals surface area contributed by atoms with Crippen molar-refractivity contribution in [2.45, 2.75) is 72.1 Å². The van der Waals surface area contributed by atoms with Crippen molar-refractivity contribution < 1.29 is 4.74 Å². The average Bonchev–Trinajstić information content (AvgIpc) is 3.60. The molecule has 1 atom stereocenters. The molecule has 1 aliphatic heterocycles. The number of allylic oxidation sites excluding steroid dienone is 2. The minimum Gasteiger partial charge on any atom is -0.493 e. The summed E-state index contributed by atoms with van der Waals surface area (Å²) in [5.74, 6) is 2.33. The summed E-state index contributed by atoms with van der Waals surface area (Å²) in [6.45, 7) is 20.1. The molecule has 0 aromatic heterocycles. The third-order valence-electron chi connectivity index (χ3n) is 6.90. The van der Waals surface area contributed by atoms with Crippen LogP contribution in [0, 0.1) is 12.8 Å². The first-order chi connectivity index (χ1) is 21.7. The number of halogens is 1. The Morgan fingerprint density at radius 2 is 1.58 bits per heavy atom. The van der Waals surface area contributed by atoms with Crippen LogP contribution in [0.4, 0.5) is 0 Å². The zero-order valence-corrected chi connectivity index (χ0v) is 34.1. The molecular weight excluding hydrogens is 740 g/mol. The van der Waals surface area contributed by atoms with Gasteiger partial charge in [0.25, 0.3) is 0 Å². The van der Waals surface area contributed by atoms with Gasteiger partial charge in [0, 0.05) is 24.7 Å². The van der Waals surface area contributed by atoms with Crippen LogP contribution in [0.25, 0.3) is 4.91 Å². The lowest BCUT2D eigenvalue weighted by Crippen LogP contribution is -2.04. The molecule has 45 heavy (non-hydrogen) atoms. The highest BCUT2D eigenvalue weighted by Crippen LogP contribution is 2.43. The summed E-state index contributed by atoms with van der Waals surface area (Å²) in [5, 5.41) is 3.39. The van der Waals surface area contributed by atoms with E-state index < -0.39 is 0 Å². The lowest BCUT2D eigenvalue weighted by Gasteiger charge is -2.16. The predicted molar refractivity (Wildman–Crippen MR) is 223 cm³/mol. The second kappa shape index (κ2) is 24.9. The van der Waals surface area contributed by atoms with Crippen LogP contribution in [0.5, 0.6) is 5.75 Å². The van der Waals surface area contributed by atoms with Crippen LogP contribution in [0.2, 0.25) is 0 Å². The van der Waals surface area contributed by atoms with E-state index in [1.807, 2.05) is 52.7 Å². The van der Waals surface area contributed by atoms with Crippen LogP contribution in [0.3, 0.4) is 0 Å². The summed E-state index contributed by atoms with van der Waals surface area (Å²) in [6, 6.07) is 27.4. The Labute approximate surface area is 306 Å². The number of thioether (sulfide) groups is 4. The van der Waals surface area contributed by atoms with E-state index in [2.05, 4.69) is 144 Å². The minimum atomic E-state index is 0.605. The first kappa shape index (κ1) is 41.8. The Kier molecular flexibility index (Phi) is 23.2. The smallest absolute Gasteiger partial charge is 0.127 e. The fourth-order valence-corrected chi connectivity index (χ4v) is 7.83. The topological polar surface area (TPSA) is 9.23 Å². The van der Waals surface area contributed by atoms with Crippen molar-refractivity contribution in [1.29, 1.82) is 0 Å². The van der Waals surface area contributed by atoms with Gasteiger partial charge in [-0.05, 0) is 97.4 Å². The number of rotatable bonds is 11. The first-order valence-corrected chi connectivity index (χ1v) is 21.6. The Balaban J connectivity index is 0.000000365. The van der Waals surface area contributed by atoms with E-state index in [1.54, 1.807) is 23.5 Å². The standard InChI is InChI=1S/C18H26OS2.C13H16S2.C7H8.CH3I/c1-5-14(4)15-6-7-17(19-9-8-13(2)3)16(10-15)18-11-20-12-21-18;1-10(2)11(3)13(14-4)15-12-8-6-5-7-9-12;1-7-5-3-2-4-6-7;1-2/h6-7,10-11,13-14H,5,8-9,12H2,1-4H3;5-9H,1H2,2-4H3;2-6H,1H3;1H3/b;13-11-;;. The van der Waals surface area contributed by atoms with Gasteiger partial charge in [-0.2, -0.15) is 0 Å². The molecule has 4 rings (SSSR count). The Morgan fingerprint density at radius 1 is 0.956 bits per heavy atom. The molecule has 1 nitrogen and oxygen atoms in total. The van der Waals surface area contributed by atoms with Crippen molar-refractivity contribution in [3.05, 3.63) is 123 Å². The third kappa shape index (κ3) is 17.0. The highest BCUT2D eigenvalue weighted by atomic mass is 127. The lowest BCUT2D eigenvalue weighted by atomic mass is 9.96. The third-order valence-corrected chi connectivity index (χ3v) is 11.5. The van der Waals surface area contributed by atoms with Crippen molar-refractivity contribution in [2.75, 3.05) is 22.9 Å². The van der Waals surface area contributed by atoms with Crippen LogP contribution >= 0.6 is 69.6 Å². The maximum absolute atomic E-state index is 6.07. The monoisotopic (exact) mass is 792 g/mol. The molecule has 0 fully saturated rings. The quantitative estimate of drug-likeness (QED) is 0.0825.